The SMILES string of the molecule is CCOc1cc(/C=N/NC(=O)c2ccc(COc3ccc(-n4c(C)ccc4C)cc3)o2)cc(Br)c1OCC(=O)Nc1ccccc1. The number of amides is 2. The van der Waals surface area contributed by atoms with Gasteiger partial charge in [-0.3, -0.25) is 9.59 Å². The lowest BCUT2D eigenvalue weighted by atomic mass is 10.2. The fraction of sp³-hybridized carbons (Fsp3) is 0.171. The smallest absolute Gasteiger partial charge is 0.307 e. The van der Waals surface area contributed by atoms with Gasteiger partial charge in [0, 0.05) is 22.8 Å². The molecule has 0 spiro atoms. The van der Waals surface area contributed by atoms with E-state index in [-0.39, 0.29) is 24.9 Å². The number of para-hydroxylation sites is 1. The Morgan fingerprint density at radius 1 is 0.913 bits per heavy atom. The van der Waals surface area contributed by atoms with Gasteiger partial charge in [0.25, 0.3) is 5.91 Å². The number of furan rings is 1. The minimum atomic E-state index is -0.516. The zero-order chi connectivity index (χ0) is 32.5. The lowest BCUT2D eigenvalue weighted by Crippen LogP contribution is -2.20. The van der Waals surface area contributed by atoms with Gasteiger partial charge in [-0.05, 0) is 115 Å². The summed E-state index contributed by atoms with van der Waals surface area (Å²) in [5.41, 5.74) is 7.13. The molecule has 0 saturated heterocycles. The van der Waals surface area contributed by atoms with Crippen LogP contribution in [0, 0.1) is 13.8 Å². The van der Waals surface area contributed by atoms with Gasteiger partial charge in [-0.25, -0.2) is 5.43 Å². The van der Waals surface area contributed by atoms with E-state index in [1.165, 1.54) is 6.21 Å². The van der Waals surface area contributed by atoms with Crippen LogP contribution in [-0.4, -0.2) is 35.8 Å². The molecule has 0 saturated carbocycles. The number of hydrogen-bond donors (Lipinski definition) is 2. The van der Waals surface area contributed by atoms with Gasteiger partial charge >= 0.3 is 5.91 Å². The number of aryl methyl sites for hydroxylation is 2. The standard InChI is InChI=1S/C35H33BrN4O6/c1-4-43-32-19-25(18-30(36)34(32)45-22-33(41)38-26-8-6-5-7-9-26)20-37-39-35(42)31-17-16-29(46-31)21-44-28-14-12-27(13-15-28)40-23(2)10-11-24(40)3/h5-20H,4,21-22H2,1-3H3,(H,38,41)(H,39,42)/b37-20+. The number of benzene rings is 3. The molecule has 5 rings (SSSR count). The minimum absolute atomic E-state index is 0.0957. The van der Waals surface area contributed by atoms with Gasteiger partial charge in [0.15, 0.2) is 23.9 Å². The first kappa shape index (κ1) is 32.1. The Morgan fingerprint density at radius 2 is 1.65 bits per heavy atom. The van der Waals surface area contributed by atoms with Crippen LogP contribution in [0.25, 0.3) is 5.69 Å². The summed E-state index contributed by atoms with van der Waals surface area (Å²) in [5.74, 6) is 1.23. The number of anilines is 1. The van der Waals surface area contributed by atoms with Crippen LogP contribution in [0.1, 0.15) is 40.2 Å². The second-order valence-corrected chi connectivity index (χ2v) is 11.0. The average Bonchev–Trinajstić information content (AvgIpc) is 3.66. The summed E-state index contributed by atoms with van der Waals surface area (Å²) in [7, 11) is 0. The Morgan fingerprint density at radius 3 is 2.37 bits per heavy atom. The Kier molecular flexibility index (Phi) is 10.6. The largest absolute Gasteiger partial charge is 0.490 e. The molecule has 236 valence electrons. The van der Waals surface area contributed by atoms with Gasteiger partial charge in [-0.15, -0.1) is 0 Å². The summed E-state index contributed by atoms with van der Waals surface area (Å²) in [6.45, 7) is 6.29. The van der Waals surface area contributed by atoms with Crippen LogP contribution in [0.5, 0.6) is 17.2 Å². The molecule has 0 aliphatic heterocycles. The molecule has 10 nitrogen and oxygen atoms in total. The molecule has 2 N–H and O–H groups in total. The van der Waals surface area contributed by atoms with Crippen LogP contribution in [0.15, 0.2) is 105 Å². The summed E-state index contributed by atoms with van der Waals surface area (Å²) >= 11 is 3.48. The molecule has 0 aliphatic rings. The van der Waals surface area contributed by atoms with Gasteiger partial charge < -0.3 is 28.5 Å². The average molecular weight is 686 g/mol. The van der Waals surface area contributed by atoms with E-state index in [1.54, 1.807) is 36.4 Å². The van der Waals surface area contributed by atoms with Crippen molar-refractivity contribution in [3.8, 4) is 22.9 Å². The molecule has 0 unspecified atom stereocenters. The first-order chi connectivity index (χ1) is 22.3. The maximum atomic E-state index is 12.6. The van der Waals surface area contributed by atoms with Crippen molar-refractivity contribution in [2.75, 3.05) is 18.5 Å². The van der Waals surface area contributed by atoms with Crippen molar-refractivity contribution in [3.05, 3.63) is 124 Å². The number of hydrogen-bond acceptors (Lipinski definition) is 7. The Labute approximate surface area is 275 Å². The Balaban J connectivity index is 1.14. The van der Waals surface area contributed by atoms with E-state index in [2.05, 4.69) is 62.3 Å². The van der Waals surface area contributed by atoms with Crippen LogP contribution < -0.4 is 25.0 Å². The van der Waals surface area contributed by atoms with Crippen molar-refractivity contribution in [1.29, 1.82) is 0 Å². The summed E-state index contributed by atoms with van der Waals surface area (Å²) in [6.07, 6.45) is 1.46. The van der Waals surface area contributed by atoms with Crippen molar-refractivity contribution < 1.29 is 28.2 Å². The maximum absolute atomic E-state index is 12.6. The first-order valence-electron chi connectivity index (χ1n) is 14.5. The predicted molar refractivity (Wildman–Crippen MR) is 179 cm³/mol. The predicted octanol–water partition coefficient (Wildman–Crippen LogP) is 7.21. The highest BCUT2D eigenvalue weighted by molar-refractivity contribution is 9.10. The molecule has 2 amide bonds. The molecule has 11 heteroatoms. The van der Waals surface area contributed by atoms with Gasteiger partial charge in [0.05, 0.1) is 17.3 Å². The van der Waals surface area contributed by atoms with E-state index < -0.39 is 5.91 Å². The third-order valence-corrected chi connectivity index (χ3v) is 7.34. The zero-order valence-electron chi connectivity index (χ0n) is 25.6. The highest BCUT2D eigenvalue weighted by Crippen LogP contribution is 2.36. The molecule has 0 atom stereocenters. The molecule has 5 aromatic rings. The third kappa shape index (κ3) is 8.24. The number of nitrogens with zero attached hydrogens (tertiary/aromatic N) is 2. The molecule has 0 radical (unpaired) electrons. The number of rotatable bonds is 13. The number of nitrogens with one attached hydrogen (secondary N) is 2. The molecule has 0 fully saturated rings. The fourth-order valence-electron chi connectivity index (χ4n) is 4.64. The van der Waals surface area contributed by atoms with E-state index >= 15 is 0 Å². The second kappa shape index (κ2) is 15.1. The summed E-state index contributed by atoms with van der Waals surface area (Å²) in [4.78, 5) is 25.0. The topological polar surface area (TPSA) is 116 Å². The second-order valence-electron chi connectivity index (χ2n) is 10.2. The zero-order valence-corrected chi connectivity index (χ0v) is 27.2. The molecule has 0 bridgehead atoms. The van der Waals surface area contributed by atoms with Crippen LogP contribution >= 0.6 is 15.9 Å². The highest BCUT2D eigenvalue weighted by Gasteiger charge is 2.15. The van der Waals surface area contributed by atoms with E-state index in [0.717, 1.165) is 17.1 Å². The van der Waals surface area contributed by atoms with Crippen molar-refractivity contribution in [2.45, 2.75) is 27.4 Å². The molecule has 2 aromatic heterocycles. The summed E-state index contributed by atoms with van der Waals surface area (Å²) < 4.78 is 25.7. The molecule has 0 aliphatic carbocycles. The van der Waals surface area contributed by atoms with Gasteiger partial charge in [-0.1, -0.05) is 18.2 Å². The number of aromatic nitrogens is 1. The van der Waals surface area contributed by atoms with Crippen LogP contribution in [0.3, 0.4) is 0 Å². The maximum Gasteiger partial charge on any atom is 0.307 e. The molecule has 2 heterocycles. The van der Waals surface area contributed by atoms with Crippen molar-refractivity contribution >= 4 is 39.6 Å². The van der Waals surface area contributed by atoms with Crippen LogP contribution in [0.2, 0.25) is 0 Å². The van der Waals surface area contributed by atoms with E-state index in [9.17, 15) is 9.59 Å². The van der Waals surface area contributed by atoms with Crippen LogP contribution in [0.4, 0.5) is 5.69 Å². The quantitative estimate of drug-likeness (QED) is 0.100. The van der Waals surface area contributed by atoms with Gasteiger partial charge in [0.1, 0.15) is 18.1 Å². The number of carbonyl (C=O) groups is 2. The van der Waals surface area contributed by atoms with E-state index in [1.807, 2.05) is 49.4 Å². The number of carbonyl (C=O) groups excluding carboxylic acids is 2. The monoisotopic (exact) mass is 684 g/mol. The number of hydrazone groups is 1. The summed E-state index contributed by atoms with van der Waals surface area (Å²) in [5, 5.41) is 6.83. The highest BCUT2D eigenvalue weighted by atomic mass is 79.9. The minimum Gasteiger partial charge on any atom is -0.490 e. The van der Waals surface area contributed by atoms with Crippen molar-refractivity contribution in [3.63, 3.8) is 0 Å². The summed E-state index contributed by atoms with van der Waals surface area (Å²) in [6, 6.07) is 27.7. The number of halogens is 1. The Hall–Kier alpha value is -5.29. The fourth-order valence-corrected chi connectivity index (χ4v) is 5.22. The molecular weight excluding hydrogens is 652 g/mol. The van der Waals surface area contributed by atoms with E-state index in [0.29, 0.717) is 45.3 Å². The van der Waals surface area contributed by atoms with Gasteiger partial charge in [0.2, 0.25) is 0 Å². The van der Waals surface area contributed by atoms with Crippen LogP contribution in [-0.2, 0) is 11.4 Å². The lowest BCUT2D eigenvalue weighted by molar-refractivity contribution is -0.118. The molecule has 46 heavy (non-hydrogen) atoms. The van der Waals surface area contributed by atoms with Gasteiger partial charge in [-0.2, -0.15) is 5.10 Å². The Bertz CT molecular complexity index is 1810. The number of ether oxygens (including phenoxy) is 3. The van der Waals surface area contributed by atoms with E-state index in [4.69, 9.17) is 18.6 Å². The van der Waals surface area contributed by atoms with Crippen molar-refractivity contribution in [1.82, 2.24) is 9.99 Å². The normalized spacial score (nSPS) is 11.0. The van der Waals surface area contributed by atoms with Crippen molar-refractivity contribution in [2.24, 2.45) is 5.10 Å². The molecule has 3 aromatic carbocycles. The molecular formula is C35H33BrN4O6. The lowest BCUT2D eigenvalue weighted by Gasteiger charge is -2.14. The third-order valence-electron chi connectivity index (χ3n) is 6.75. The first-order valence-corrected chi connectivity index (χ1v) is 15.3.